The van der Waals surface area contributed by atoms with Gasteiger partial charge in [-0.25, -0.2) is 9.97 Å². The highest BCUT2D eigenvalue weighted by molar-refractivity contribution is 7.19. The largest absolute Gasteiger partial charge is 0.508 e. The lowest BCUT2D eigenvalue weighted by Crippen LogP contribution is -1.95. The first-order valence-corrected chi connectivity index (χ1v) is 9.50. The molecular weight excluding hydrogens is 358 g/mol. The molecule has 4 aromatic rings. The number of hydrogen-bond acceptors (Lipinski definition) is 6. The highest BCUT2D eigenvalue weighted by atomic mass is 32.1. The topological polar surface area (TPSA) is 67.3 Å². The van der Waals surface area contributed by atoms with Crippen molar-refractivity contribution >= 4 is 33.1 Å². The summed E-state index contributed by atoms with van der Waals surface area (Å²) in [5.41, 5.74) is 3.08. The first-order valence-electron chi connectivity index (χ1n) is 8.69. The van der Waals surface area contributed by atoms with Crippen LogP contribution in [0, 0.1) is 6.92 Å². The maximum Gasteiger partial charge on any atom is 0.143 e. The molecule has 0 saturated carbocycles. The first kappa shape index (κ1) is 17.3. The van der Waals surface area contributed by atoms with E-state index in [1.807, 2.05) is 31.2 Å². The van der Waals surface area contributed by atoms with Gasteiger partial charge in [0.1, 0.15) is 28.5 Å². The van der Waals surface area contributed by atoms with E-state index in [0.29, 0.717) is 6.61 Å². The van der Waals surface area contributed by atoms with Crippen LogP contribution in [0.3, 0.4) is 0 Å². The molecule has 0 bridgehead atoms. The van der Waals surface area contributed by atoms with Gasteiger partial charge in [-0.3, -0.25) is 0 Å². The van der Waals surface area contributed by atoms with Crippen molar-refractivity contribution in [2.75, 3.05) is 11.9 Å². The fourth-order valence-electron chi connectivity index (χ4n) is 3.05. The van der Waals surface area contributed by atoms with Gasteiger partial charge in [0.15, 0.2) is 0 Å². The van der Waals surface area contributed by atoms with Crippen LogP contribution >= 0.6 is 11.3 Å². The predicted octanol–water partition coefficient (Wildman–Crippen LogP) is 5.51. The van der Waals surface area contributed by atoms with Crippen molar-refractivity contribution < 1.29 is 9.84 Å². The summed E-state index contributed by atoms with van der Waals surface area (Å²) in [6.45, 7) is 4.72. The van der Waals surface area contributed by atoms with Crippen molar-refractivity contribution in [2.24, 2.45) is 0 Å². The van der Waals surface area contributed by atoms with Crippen molar-refractivity contribution in [1.29, 1.82) is 0 Å². The second kappa shape index (κ2) is 7.25. The van der Waals surface area contributed by atoms with E-state index in [-0.39, 0.29) is 5.75 Å². The molecule has 4 rings (SSSR count). The molecule has 2 aromatic carbocycles. The molecule has 6 heteroatoms. The summed E-state index contributed by atoms with van der Waals surface area (Å²) in [5.74, 6) is 1.84. The number of thiophene rings is 1. The van der Waals surface area contributed by atoms with Crippen molar-refractivity contribution in [2.45, 2.75) is 13.8 Å². The maximum atomic E-state index is 9.49. The van der Waals surface area contributed by atoms with Gasteiger partial charge in [-0.05, 0) is 55.8 Å². The SMILES string of the molecule is CCOc1ccc(-c2c(C)sc3ncnc(Nc4ccc(O)cc4)c23)cc1. The molecule has 0 aliphatic carbocycles. The van der Waals surface area contributed by atoms with Gasteiger partial charge in [0, 0.05) is 16.1 Å². The summed E-state index contributed by atoms with van der Waals surface area (Å²) < 4.78 is 5.55. The van der Waals surface area contributed by atoms with Crippen molar-refractivity contribution in [3.05, 3.63) is 59.7 Å². The fourth-order valence-corrected chi connectivity index (χ4v) is 4.07. The molecule has 0 radical (unpaired) electrons. The third-order valence-corrected chi connectivity index (χ3v) is 5.26. The number of phenolic OH excluding ortho intramolecular Hbond substituents is 1. The Kier molecular flexibility index (Phi) is 4.64. The monoisotopic (exact) mass is 377 g/mol. The Hall–Kier alpha value is -3.12. The minimum Gasteiger partial charge on any atom is -0.508 e. The van der Waals surface area contributed by atoms with Gasteiger partial charge < -0.3 is 15.2 Å². The molecule has 2 N–H and O–H groups in total. The van der Waals surface area contributed by atoms with Crippen LogP contribution in [0.25, 0.3) is 21.3 Å². The Bertz CT molecular complexity index is 1070. The van der Waals surface area contributed by atoms with E-state index in [1.165, 1.54) is 4.88 Å². The van der Waals surface area contributed by atoms with Crippen LogP contribution in [0.1, 0.15) is 11.8 Å². The molecule has 0 atom stereocenters. The third-order valence-electron chi connectivity index (χ3n) is 4.25. The molecule has 0 saturated heterocycles. The minimum atomic E-state index is 0.231. The van der Waals surface area contributed by atoms with Gasteiger partial charge in [0.2, 0.25) is 0 Å². The zero-order chi connectivity index (χ0) is 18.8. The van der Waals surface area contributed by atoms with Gasteiger partial charge in [-0.2, -0.15) is 0 Å². The number of aryl methyl sites for hydroxylation is 1. The average molecular weight is 377 g/mol. The lowest BCUT2D eigenvalue weighted by Gasteiger charge is -2.10. The lowest BCUT2D eigenvalue weighted by atomic mass is 10.0. The number of ether oxygens (including phenoxy) is 1. The van der Waals surface area contributed by atoms with Crippen LogP contribution in [0.5, 0.6) is 11.5 Å². The summed E-state index contributed by atoms with van der Waals surface area (Å²) >= 11 is 1.65. The number of phenols is 1. The summed E-state index contributed by atoms with van der Waals surface area (Å²) in [5, 5.41) is 13.8. The van der Waals surface area contributed by atoms with E-state index in [2.05, 4.69) is 34.3 Å². The van der Waals surface area contributed by atoms with Crippen LogP contribution < -0.4 is 10.1 Å². The molecular formula is C21H19N3O2S. The molecule has 27 heavy (non-hydrogen) atoms. The number of nitrogens with zero attached hydrogens (tertiary/aromatic N) is 2. The molecule has 136 valence electrons. The quantitative estimate of drug-likeness (QED) is 0.449. The Balaban J connectivity index is 1.80. The van der Waals surface area contributed by atoms with E-state index < -0.39 is 0 Å². The Morgan fingerprint density at radius 3 is 2.48 bits per heavy atom. The van der Waals surface area contributed by atoms with Crippen LogP contribution in [0.2, 0.25) is 0 Å². The molecule has 0 fully saturated rings. The normalized spacial score (nSPS) is 10.9. The van der Waals surface area contributed by atoms with E-state index >= 15 is 0 Å². The van der Waals surface area contributed by atoms with Crippen LogP contribution in [0.4, 0.5) is 11.5 Å². The molecule has 0 aliphatic rings. The number of fused-ring (bicyclic) bond motifs is 1. The van der Waals surface area contributed by atoms with E-state index in [4.69, 9.17) is 4.74 Å². The zero-order valence-corrected chi connectivity index (χ0v) is 15.9. The Morgan fingerprint density at radius 2 is 1.78 bits per heavy atom. The summed E-state index contributed by atoms with van der Waals surface area (Å²) in [7, 11) is 0. The second-order valence-electron chi connectivity index (χ2n) is 6.06. The molecule has 5 nitrogen and oxygen atoms in total. The summed E-state index contributed by atoms with van der Waals surface area (Å²) in [4.78, 5) is 11.0. The number of nitrogens with one attached hydrogen (secondary N) is 1. The smallest absolute Gasteiger partial charge is 0.143 e. The van der Waals surface area contributed by atoms with Crippen molar-refractivity contribution in [1.82, 2.24) is 9.97 Å². The molecule has 0 unspecified atom stereocenters. The molecule has 2 aromatic heterocycles. The third kappa shape index (κ3) is 3.44. The number of rotatable bonds is 5. The Labute approximate surface area is 161 Å². The lowest BCUT2D eigenvalue weighted by molar-refractivity contribution is 0.340. The molecule has 0 amide bonds. The highest BCUT2D eigenvalue weighted by Gasteiger charge is 2.17. The van der Waals surface area contributed by atoms with Gasteiger partial charge in [-0.15, -0.1) is 11.3 Å². The number of aromatic hydroxyl groups is 1. The number of anilines is 2. The van der Waals surface area contributed by atoms with Crippen LogP contribution in [0.15, 0.2) is 54.9 Å². The highest BCUT2D eigenvalue weighted by Crippen LogP contribution is 2.41. The predicted molar refractivity (Wildman–Crippen MR) is 110 cm³/mol. The summed E-state index contributed by atoms with van der Waals surface area (Å²) in [6.07, 6.45) is 1.57. The number of aromatic nitrogens is 2. The van der Waals surface area contributed by atoms with E-state index in [9.17, 15) is 5.11 Å². The van der Waals surface area contributed by atoms with Crippen LogP contribution in [-0.2, 0) is 0 Å². The second-order valence-corrected chi connectivity index (χ2v) is 7.27. The molecule has 2 heterocycles. The van der Waals surface area contributed by atoms with Crippen molar-refractivity contribution in [3.8, 4) is 22.6 Å². The fraction of sp³-hybridized carbons (Fsp3) is 0.143. The summed E-state index contributed by atoms with van der Waals surface area (Å²) in [6, 6.07) is 15.0. The van der Waals surface area contributed by atoms with E-state index in [0.717, 1.165) is 38.6 Å². The Morgan fingerprint density at radius 1 is 1.04 bits per heavy atom. The zero-order valence-electron chi connectivity index (χ0n) is 15.1. The standard InChI is InChI=1S/C21H19N3O2S/c1-3-26-17-10-4-14(5-11-17)18-13(2)27-21-19(18)20(22-12-23-21)24-15-6-8-16(25)9-7-15/h4-12,25H,3H2,1-2H3,(H,22,23,24). The number of hydrogen-bond donors (Lipinski definition) is 2. The van der Waals surface area contributed by atoms with Gasteiger partial charge >= 0.3 is 0 Å². The van der Waals surface area contributed by atoms with Crippen molar-refractivity contribution in [3.63, 3.8) is 0 Å². The van der Waals surface area contributed by atoms with Gasteiger partial charge in [0.25, 0.3) is 0 Å². The van der Waals surface area contributed by atoms with Gasteiger partial charge in [0.05, 0.1) is 12.0 Å². The number of benzene rings is 2. The molecule has 0 aliphatic heterocycles. The molecule has 0 spiro atoms. The minimum absolute atomic E-state index is 0.231. The average Bonchev–Trinajstić information content (AvgIpc) is 3.01. The van der Waals surface area contributed by atoms with E-state index in [1.54, 1.807) is 29.8 Å². The maximum absolute atomic E-state index is 9.49. The first-order chi connectivity index (χ1) is 13.2. The van der Waals surface area contributed by atoms with Gasteiger partial charge in [-0.1, -0.05) is 12.1 Å². The van der Waals surface area contributed by atoms with Crippen LogP contribution in [-0.4, -0.2) is 21.7 Å².